The number of ether oxygens (including phenoxy) is 2. The zero-order valence-corrected chi connectivity index (χ0v) is 12.5. The molecule has 5 heteroatoms. The molecule has 2 atom stereocenters. The molecule has 1 aromatic rings. The normalized spacial score (nSPS) is 22.5. The van der Waals surface area contributed by atoms with Gasteiger partial charge in [0.05, 0.1) is 6.10 Å². The average molecular weight is 303 g/mol. The van der Waals surface area contributed by atoms with Crippen molar-refractivity contribution in [3.05, 3.63) is 47.9 Å². The summed E-state index contributed by atoms with van der Waals surface area (Å²) in [6.45, 7) is 1.25. The van der Waals surface area contributed by atoms with Crippen LogP contribution in [0.15, 0.2) is 42.4 Å². The molecule has 1 saturated heterocycles. The Balaban J connectivity index is 1.77. The van der Waals surface area contributed by atoms with Crippen molar-refractivity contribution in [3.63, 3.8) is 0 Å². The van der Waals surface area contributed by atoms with Crippen molar-refractivity contribution in [3.8, 4) is 0 Å². The maximum absolute atomic E-state index is 12.9. The topological polar surface area (TPSA) is 59.0 Å². The first-order valence-electron chi connectivity index (χ1n) is 7.69. The van der Waals surface area contributed by atoms with Crippen LogP contribution in [-0.2, 0) is 20.7 Å². The second kappa shape index (κ2) is 6.83. The molecule has 2 aliphatic rings. The van der Waals surface area contributed by atoms with Crippen molar-refractivity contribution in [2.24, 2.45) is 5.92 Å². The number of likely N-dealkylation sites (tertiary alicyclic amines) is 1. The summed E-state index contributed by atoms with van der Waals surface area (Å²) in [5, 5.41) is 9.80. The molecule has 2 aliphatic heterocycles. The third-order valence-electron chi connectivity index (χ3n) is 4.13. The minimum atomic E-state index is -0.426. The lowest BCUT2D eigenvalue weighted by molar-refractivity contribution is -0.138. The smallest absolute Gasteiger partial charge is 0.233 e. The minimum Gasteiger partial charge on any atom is -0.462 e. The van der Waals surface area contributed by atoms with Crippen LogP contribution in [0.4, 0.5) is 0 Å². The van der Waals surface area contributed by atoms with Gasteiger partial charge in [0.1, 0.15) is 17.9 Å². The highest BCUT2D eigenvalue weighted by Crippen LogP contribution is 2.25. The van der Waals surface area contributed by atoms with Crippen molar-refractivity contribution in [2.75, 3.05) is 19.9 Å². The van der Waals surface area contributed by atoms with E-state index in [0.717, 1.165) is 18.4 Å². The first kappa shape index (κ1) is 14.9. The quantitative estimate of drug-likeness (QED) is 0.919. The summed E-state index contributed by atoms with van der Waals surface area (Å²) in [5.41, 5.74) is 1.08. The zero-order chi connectivity index (χ0) is 15.4. The van der Waals surface area contributed by atoms with Crippen LogP contribution < -0.4 is 0 Å². The number of β-amino-alcohol motifs (C(OH)–C–C–N with tert-alkyl or cyclic N) is 1. The molecule has 1 fully saturated rings. The fraction of sp³-hybridized carbons (Fsp3) is 0.471. The monoisotopic (exact) mass is 303 g/mol. The van der Waals surface area contributed by atoms with Crippen LogP contribution in [0, 0.1) is 5.92 Å². The molecule has 3 rings (SSSR count). The number of amides is 1. The number of hydrogen-bond acceptors (Lipinski definition) is 4. The van der Waals surface area contributed by atoms with E-state index in [-0.39, 0.29) is 12.7 Å². The summed E-state index contributed by atoms with van der Waals surface area (Å²) < 4.78 is 10.6. The molecule has 0 bridgehead atoms. The molecule has 22 heavy (non-hydrogen) atoms. The second-order valence-corrected chi connectivity index (χ2v) is 5.77. The highest BCUT2D eigenvalue weighted by molar-refractivity contribution is 5.81. The highest BCUT2D eigenvalue weighted by atomic mass is 16.7. The van der Waals surface area contributed by atoms with Crippen molar-refractivity contribution in [2.45, 2.75) is 25.4 Å². The molecular formula is C17H21NO4. The number of aliphatic hydroxyl groups is 1. The predicted octanol–water partition coefficient (Wildman–Crippen LogP) is 1.67. The van der Waals surface area contributed by atoms with Crippen LogP contribution in [0.1, 0.15) is 18.4 Å². The predicted molar refractivity (Wildman–Crippen MR) is 80.6 cm³/mol. The van der Waals surface area contributed by atoms with Crippen LogP contribution in [0.2, 0.25) is 0 Å². The number of aliphatic hydroxyl groups excluding tert-OH is 1. The van der Waals surface area contributed by atoms with Crippen molar-refractivity contribution < 1.29 is 19.4 Å². The van der Waals surface area contributed by atoms with Gasteiger partial charge in [0, 0.05) is 13.1 Å². The van der Waals surface area contributed by atoms with Crippen LogP contribution >= 0.6 is 0 Å². The Morgan fingerprint density at radius 3 is 2.86 bits per heavy atom. The zero-order valence-electron chi connectivity index (χ0n) is 12.5. The molecule has 0 aliphatic carbocycles. The van der Waals surface area contributed by atoms with Crippen LogP contribution in [0.5, 0.6) is 0 Å². The molecule has 0 aromatic heterocycles. The molecule has 0 spiro atoms. The van der Waals surface area contributed by atoms with Gasteiger partial charge in [-0.1, -0.05) is 30.3 Å². The van der Waals surface area contributed by atoms with Gasteiger partial charge in [0.25, 0.3) is 0 Å². The molecule has 0 saturated carbocycles. The van der Waals surface area contributed by atoms with Gasteiger partial charge in [-0.25, -0.2) is 0 Å². The molecule has 5 nitrogen and oxygen atoms in total. The Labute approximate surface area is 130 Å². The van der Waals surface area contributed by atoms with Crippen LogP contribution in [0.3, 0.4) is 0 Å². The summed E-state index contributed by atoms with van der Waals surface area (Å²) in [6.07, 6.45) is 3.27. The third-order valence-corrected chi connectivity index (χ3v) is 4.13. The number of hydrogen-bond donors (Lipinski definition) is 1. The van der Waals surface area contributed by atoms with Gasteiger partial charge < -0.3 is 19.5 Å². The van der Waals surface area contributed by atoms with Crippen molar-refractivity contribution in [1.82, 2.24) is 4.90 Å². The van der Waals surface area contributed by atoms with Gasteiger partial charge in [0.2, 0.25) is 12.7 Å². The van der Waals surface area contributed by atoms with Gasteiger partial charge in [-0.15, -0.1) is 0 Å². The maximum Gasteiger partial charge on any atom is 0.233 e. The molecule has 0 radical (unpaired) electrons. The summed E-state index contributed by atoms with van der Waals surface area (Å²) in [7, 11) is 0. The van der Waals surface area contributed by atoms with E-state index in [0.29, 0.717) is 25.3 Å². The highest BCUT2D eigenvalue weighted by Gasteiger charge is 2.33. The summed E-state index contributed by atoms with van der Waals surface area (Å²) in [6, 6.07) is 9.88. The Morgan fingerprint density at radius 1 is 1.36 bits per heavy atom. The molecule has 1 aromatic carbocycles. The van der Waals surface area contributed by atoms with Crippen LogP contribution in [-0.4, -0.2) is 41.9 Å². The third kappa shape index (κ3) is 3.42. The first-order chi connectivity index (χ1) is 10.7. The van der Waals surface area contributed by atoms with E-state index in [1.807, 2.05) is 30.3 Å². The molecule has 118 valence electrons. The summed E-state index contributed by atoms with van der Waals surface area (Å²) in [5.74, 6) is 0.184. The largest absolute Gasteiger partial charge is 0.462 e. The maximum atomic E-state index is 12.9. The Morgan fingerprint density at radius 2 is 2.18 bits per heavy atom. The van der Waals surface area contributed by atoms with Crippen molar-refractivity contribution in [1.29, 1.82) is 0 Å². The van der Waals surface area contributed by atoms with Crippen molar-refractivity contribution >= 4 is 5.91 Å². The number of carbonyl (C=O) groups excluding carboxylic acids is 1. The SMILES string of the molecule is O=C(C(Cc1ccccc1)C1=COCO1)N1CCCC(O)C1. The number of rotatable bonds is 4. The Hall–Kier alpha value is -2.01. The number of nitrogens with zero attached hydrogens (tertiary/aromatic N) is 1. The molecule has 2 heterocycles. The lowest BCUT2D eigenvalue weighted by Gasteiger charge is -2.32. The van der Waals surface area contributed by atoms with Gasteiger partial charge in [-0.2, -0.15) is 0 Å². The van der Waals surface area contributed by atoms with Gasteiger partial charge in [0.15, 0.2) is 0 Å². The second-order valence-electron chi connectivity index (χ2n) is 5.77. The fourth-order valence-electron chi connectivity index (χ4n) is 2.97. The van der Waals surface area contributed by atoms with E-state index < -0.39 is 12.0 Å². The minimum absolute atomic E-state index is 0.000599. The lowest BCUT2D eigenvalue weighted by Crippen LogP contribution is -2.45. The first-order valence-corrected chi connectivity index (χ1v) is 7.69. The summed E-state index contributed by atoms with van der Waals surface area (Å²) >= 11 is 0. The Kier molecular flexibility index (Phi) is 4.63. The van der Waals surface area contributed by atoms with E-state index in [1.54, 1.807) is 4.90 Å². The van der Waals surface area contributed by atoms with Gasteiger partial charge in [-0.3, -0.25) is 4.79 Å². The van der Waals surface area contributed by atoms with Gasteiger partial charge in [-0.05, 0) is 24.8 Å². The van der Waals surface area contributed by atoms with E-state index in [2.05, 4.69) is 0 Å². The molecular weight excluding hydrogens is 282 g/mol. The van der Waals surface area contributed by atoms with E-state index in [1.165, 1.54) is 6.26 Å². The molecule has 1 amide bonds. The summed E-state index contributed by atoms with van der Waals surface area (Å²) in [4.78, 5) is 14.6. The average Bonchev–Trinajstić information content (AvgIpc) is 3.07. The van der Waals surface area contributed by atoms with E-state index >= 15 is 0 Å². The molecule has 2 unspecified atom stereocenters. The lowest BCUT2D eigenvalue weighted by atomic mass is 9.95. The number of benzene rings is 1. The van der Waals surface area contributed by atoms with Crippen LogP contribution in [0.25, 0.3) is 0 Å². The van der Waals surface area contributed by atoms with E-state index in [9.17, 15) is 9.90 Å². The Bertz CT molecular complexity index is 543. The number of carbonyl (C=O) groups is 1. The fourth-order valence-corrected chi connectivity index (χ4v) is 2.97. The van der Waals surface area contributed by atoms with E-state index in [4.69, 9.17) is 9.47 Å². The van der Waals surface area contributed by atoms with Gasteiger partial charge >= 0.3 is 0 Å². The number of piperidine rings is 1. The molecule has 1 N–H and O–H groups in total. The standard InChI is InChI=1S/C17H21NO4/c19-14-7-4-8-18(10-14)17(20)15(16-11-21-12-22-16)9-13-5-2-1-3-6-13/h1-3,5-6,11,14-15,19H,4,7-10,12H2.